The van der Waals surface area contributed by atoms with Gasteiger partial charge >= 0.3 is 0 Å². The molecule has 1 aromatic rings. The molecule has 4 nitrogen and oxygen atoms in total. The third-order valence-electron chi connectivity index (χ3n) is 1.76. The van der Waals surface area contributed by atoms with Crippen molar-refractivity contribution in [2.45, 2.75) is 6.42 Å². The van der Waals surface area contributed by atoms with Crippen molar-refractivity contribution in [1.29, 1.82) is 0 Å². The summed E-state index contributed by atoms with van der Waals surface area (Å²) in [6.45, 7) is 0. The standard InChI is InChI=1S/C9H7BrClNO3/c10-8-4-6(3-7(13)5-11)1-2-9(8)12(14)15/h1-2,4H,3,5H2. The first-order chi connectivity index (χ1) is 7.04. The van der Waals surface area contributed by atoms with Crippen molar-refractivity contribution in [3.8, 4) is 0 Å². The van der Waals surface area contributed by atoms with Crippen LogP contribution in [-0.4, -0.2) is 16.6 Å². The first-order valence-electron chi connectivity index (χ1n) is 4.05. The van der Waals surface area contributed by atoms with Crippen LogP contribution >= 0.6 is 27.5 Å². The van der Waals surface area contributed by atoms with Gasteiger partial charge in [-0.15, -0.1) is 11.6 Å². The van der Waals surface area contributed by atoms with Gasteiger partial charge in [-0.1, -0.05) is 6.07 Å². The van der Waals surface area contributed by atoms with Crippen LogP contribution in [0, 0.1) is 10.1 Å². The van der Waals surface area contributed by atoms with E-state index in [1.165, 1.54) is 6.07 Å². The maximum absolute atomic E-state index is 11.0. The van der Waals surface area contributed by atoms with Crippen molar-refractivity contribution < 1.29 is 9.72 Å². The molecule has 1 aromatic carbocycles. The molecule has 0 aromatic heterocycles. The maximum atomic E-state index is 11.0. The van der Waals surface area contributed by atoms with Gasteiger partial charge < -0.3 is 0 Å². The van der Waals surface area contributed by atoms with E-state index in [9.17, 15) is 14.9 Å². The third kappa shape index (κ3) is 3.28. The molecule has 0 saturated carbocycles. The van der Waals surface area contributed by atoms with Gasteiger partial charge in [0.15, 0.2) is 5.78 Å². The summed E-state index contributed by atoms with van der Waals surface area (Å²) in [5.74, 6) is -0.161. The third-order valence-corrected chi connectivity index (χ3v) is 2.69. The molecule has 1 rings (SSSR count). The summed E-state index contributed by atoms with van der Waals surface area (Å²) in [4.78, 5) is 21.0. The van der Waals surface area contributed by atoms with Crippen LogP contribution in [0.2, 0.25) is 0 Å². The van der Waals surface area contributed by atoms with Crippen LogP contribution in [-0.2, 0) is 11.2 Å². The molecule has 0 radical (unpaired) electrons. The number of Topliss-reactive ketones (excluding diaryl/α,β-unsaturated/α-hetero) is 1. The topological polar surface area (TPSA) is 60.2 Å². The molecule has 15 heavy (non-hydrogen) atoms. The van der Waals surface area contributed by atoms with Gasteiger partial charge in [-0.05, 0) is 27.6 Å². The molecular formula is C9H7BrClNO3. The number of carbonyl (C=O) groups excluding carboxylic acids is 1. The van der Waals surface area contributed by atoms with Crippen LogP contribution < -0.4 is 0 Å². The highest BCUT2D eigenvalue weighted by molar-refractivity contribution is 9.10. The lowest BCUT2D eigenvalue weighted by molar-refractivity contribution is -0.385. The van der Waals surface area contributed by atoms with Gasteiger partial charge in [0.05, 0.1) is 15.3 Å². The number of nitro groups is 1. The van der Waals surface area contributed by atoms with Crippen molar-refractivity contribution in [3.63, 3.8) is 0 Å². The Bertz CT molecular complexity index is 408. The SMILES string of the molecule is O=C(CCl)Cc1ccc([N+](=O)[O-])c(Br)c1. The molecule has 0 saturated heterocycles. The Morgan fingerprint density at radius 3 is 2.67 bits per heavy atom. The lowest BCUT2D eigenvalue weighted by Gasteiger charge is -2.00. The predicted octanol–water partition coefficient (Wildman–Crippen LogP) is 2.71. The Kier molecular flexibility index (Phi) is 4.23. The van der Waals surface area contributed by atoms with E-state index >= 15 is 0 Å². The lowest BCUT2D eigenvalue weighted by Crippen LogP contribution is -2.03. The van der Waals surface area contributed by atoms with E-state index in [1.54, 1.807) is 12.1 Å². The molecule has 0 aliphatic heterocycles. The van der Waals surface area contributed by atoms with E-state index in [0.29, 0.717) is 10.0 Å². The Hall–Kier alpha value is -0.940. The van der Waals surface area contributed by atoms with Gasteiger partial charge in [0.25, 0.3) is 5.69 Å². The number of alkyl halides is 1. The highest BCUT2D eigenvalue weighted by Gasteiger charge is 2.12. The second-order valence-electron chi connectivity index (χ2n) is 2.89. The zero-order chi connectivity index (χ0) is 11.4. The quantitative estimate of drug-likeness (QED) is 0.487. The van der Waals surface area contributed by atoms with Gasteiger partial charge in [0.1, 0.15) is 0 Å². The summed E-state index contributed by atoms with van der Waals surface area (Å²) in [6.07, 6.45) is 0.195. The lowest BCUT2D eigenvalue weighted by atomic mass is 10.1. The van der Waals surface area contributed by atoms with Gasteiger partial charge in [0, 0.05) is 12.5 Å². The first-order valence-corrected chi connectivity index (χ1v) is 5.38. The van der Waals surface area contributed by atoms with Crippen LogP contribution in [0.5, 0.6) is 0 Å². The Morgan fingerprint density at radius 1 is 1.53 bits per heavy atom. The fraction of sp³-hybridized carbons (Fsp3) is 0.222. The monoisotopic (exact) mass is 291 g/mol. The summed E-state index contributed by atoms with van der Waals surface area (Å²) >= 11 is 8.43. The van der Waals surface area contributed by atoms with E-state index < -0.39 is 4.92 Å². The minimum absolute atomic E-state index is 0.0166. The molecule has 0 unspecified atom stereocenters. The number of ketones is 1. The summed E-state index contributed by atoms with van der Waals surface area (Å²) in [5, 5.41) is 10.5. The van der Waals surface area contributed by atoms with Crippen LogP contribution in [0.3, 0.4) is 0 Å². The van der Waals surface area contributed by atoms with Gasteiger partial charge in [-0.25, -0.2) is 0 Å². The molecule has 0 amide bonds. The van der Waals surface area contributed by atoms with Gasteiger partial charge in [-0.3, -0.25) is 14.9 Å². The predicted molar refractivity (Wildman–Crippen MR) is 60.2 cm³/mol. The molecule has 0 spiro atoms. The molecule has 0 atom stereocenters. The Labute approximate surface area is 99.5 Å². The number of nitrogens with zero attached hydrogens (tertiary/aromatic N) is 1. The van der Waals surface area contributed by atoms with Crippen molar-refractivity contribution in [3.05, 3.63) is 38.3 Å². The highest BCUT2D eigenvalue weighted by Crippen LogP contribution is 2.25. The van der Waals surface area contributed by atoms with Crippen LogP contribution in [0.4, 0.5) is 5.69 Å². The van der Waals surface area contributed by atoms with E-state index in [2.05, 4.69) is 15.9 Å². The van der Waals surface area contributed by atoms with Crippen molar-refractivity contribution in [2.24, 2.45) is 0 Å². The Morgan fingerprint density at radius 2 is 2.20 bits per heavy atom. The van der Waals surface area contributed by atoms with E-state index in [-0.39, 0.29) is 23.8 Å². The molecule has 0 fully saturated rings. The first kappa shape index (κ1) is 12.1. The van der Waals surface area contributed by atoms with E-state index in [0.717, 1.165) is 0 Å². The second-order valence-corrected chi connectivity index (χ2v) is 4.01. The maximum Gasteiger partial charge on any atom is 0.283 e. The zero-order valence-corrected chi connectivity index (χ0v) is 9.92. The molecular weight excluding hydrogens is 285 g/mol. The average molecular weight is 293 g/mol. The fourth-order valence-corrected chi connectivity index (χ4v) is 1.75. The summed E-state index contributed by atoms with van der Waals surface area (Å²) in [5.41, 5.74) is 0.690. The van der Waals surface area contributed by atoms with Crippen molar-refractivity contribution in [2.75, 3.05) is 5.88 Å². The largest absolute Gasteiger partial charge is 0.298 e. The number of rotatable bonds is 4. The van der Waals surface area contributed by atoms with Crippen LogP contribution in [0.15, 0.2) is 22.7 Å². The highest BCUT2D eigenvalue weighted by atomic mass is 79.9. The number of halogens is 2. The summed E-state index contributed by atoms with van der Waals surface area (Å²) < 4.78 is 0.368. The van der Waals surface area contributed by atoms with Crippen LogP contribution in [0.25, 0.3) is 0 Å². The average Bonchev–Trinajstić information content (AvgIpc) is 2.17. The van der Waals surface area contributed by atoms with Gasteiger partial charge in [0.2, 0.25) is 0 Å². The van der Waals surface area contributed by atoms with E-state index in [4.69, 9.17) is 11.6 Å². The number of hydrogen-bond acceptors (Lipinski definition) is 3. The molecule has 0 aliphatic carbocycles. The smallest absolute Gasteiger partial charge is 0.283 e. The molecule has 80 valence electrons. The minimum Gasteiger partial charge on any atom is -0.298 e. The normalized spacial score (nSPS) is 10.0. The van der Waals surface area contributed by atoms with Crippen LogP contribution in [0.1, 0.15) is 5.56 Å². The second kappa shape index (κ2) is 5.23. The molecule has 0 bridgehead atoms. The number of carbonyl (C=O) groups is 1. The molecule has 0 heterocycles. The van der Waals surface area contributed by atoms with Crippen molar-refractivity contribution in [1.82, 2.24) is 0 Å². The number of nitro benzene ring substituents is 1. The summed E-state index contributed by atoms with van der Waals surface area (Å²) in [7, 11) is 0. The summed E-state index contributed by atoms with van der Waals surface area (Å²) in [6, 6.07) is 4.47. The van der Waals surface area contributed by atoms with Crippen molar-refractivity contribution >= 4 is 39.0 Å². The molecule has 6 heteroatoms. The number of benzene rings is 1. The molecule has 0 aliphatic rings. The van der Waals surface area contributed by atoms with E-state index in [1.807, 2.05) is 0 Å². The number of hydrogen-bond donors (Lipinski definition) is 0. The van der Waals surface area contributed by atoms with Gasteiger partial charge in [-0.2, -0.15) is 0 Å². The Balaban J connectivity index is 2.91. The minimum atomic E-state index is -0.489. The zero-order valence-electron chi connectivity index (χ0n) is 7.57. The molecule has 0 N–H and O–H groups in total. The fourth-order valence-electron chi connectivity index (χ4n) is 1.08.